The maximum atomic E-state index is 12.2. The molecule has 1 aromatic carbocycles. The lowest BCUT2D eigenvalue weighted by Crippen LogP contribution is -2.23. The van der Waals surface area contributed by atoms with Gasteiger partial charge in [0, 0.05) is 24.4 Å². The first-order valence-corrected chi connectivity index (χ1v) is 7.63. The predicted octanol–water partition coefficient (Wildman–Crippen LogP) is 3.34. The van der Waals surface area contributed by atoms with Crippen LogP contribution in [0.25, 0.3) is 0 Å². The summed E-state index contributed by atoms with van der Waals surface area (Å²) in [6.07, 6.45) is 1.36. The van der Waals surface area contributed by atoms with Crippen molar-refractivity contribution in [1.29, 1.82) is 0 Å². The average molecular weight is 371 g/mol. The van der Waals surface area contributed by atoms with Gasteiger partial charge in [-0.25, -0.2) is 4.98 Å². The van der Waals surface area contributed by atoms with E-state index in [2.05, 4.69) is 10.3 Å². The number of amides is 1. The van der Waals surface area contributed by atoms with Gasteiger partial charge in [0.1, 0.15) is 10.9 Å². The Morgan fingerprint density at radius 1 is 1.04 bits per heavy atom. The third-order valence-corrected chi connectivity index (χ3v) is 3.97. The quantitative estimate of drug-likeness (QED) is 0.789. The van der Waals surface area contributed by atoms with Crippen LogP contribution in [0.3, 0.4) is 0 Å². The molecule has 128 valence electrons. The highest BCUT2D eigenvalue weighted by atomic mass is 35.5. The molecule has 0 spiro atoms. The number of halogens is 2. The van der Waals surface area contributed by atoms with Gasteiger partial charge in [0.15, 0.2) is 11.5 Å². The average Bonchev–Trinajstić information content (AvgIpc) is 2.60. The first kappa shape index (κ1) is 18.2. The fourth-order valence-electron chi connectivity index (χ4n) is 2.05. The van der Waals surface area contributed by atoms with E-state index in [0.29, 0.717) is 22.8 Å². The van der Waals surface area contributed by atoms with Crippen LogP contribution in [0.5, 0.6) is 17.2 Å². The molecular weight excluding hydrogens is 355 g/mol. The highest BCUT2D eigenvalue weighted by molar-refractivity contribution is 6.41. The maximum Gasteiger partial charge on any atom is 0.253 e. The van der Waals surface area contributed by atoms with E-state index in [9.17, 15) is 4.79 Å². The number of hydrogen-bond donors (Lipinski definition) is 1. The number of nitrogens with one attached hydrogen (secondary N) is 1. The molecule has 1 amide bonds. The number of pyridine rings is 1. The number of aromatic nitrogens is 1. The van der Waals surface area contributed by atoms with E-state index in [1.807, 2.05) is 0 Å². The molecule has 0 bridgehead atoms. The number of ether oxygens (including phenoxy) is 3. The largest absolute Gasteiger partial charge is 0.496 e. The van der Waals surface area contributed by atoms with Crippen molar-refractivity contribution in [2.24, 2.45) is 0 Å². The Morgan fingerprint density at radius 3 is 2.25 bits per heavy atom. The van der Waals surface area contributed by atoms with E-state index < -0.39 is 0 Å². The molecule has 0 aliphatic heterocycles. The van der Waals surface area contributed by atoms with Gasteiger partial charge in [0.25, 0.3) is 5.91 Å². The number of rotatable bonds is 6. The van der Waals surface area contributed by atoms with Crippen LogP contribution in [0.2, 0.25) is 10.2 Å². The number of hydrogen-bond acceptors (Lipinski definition) is 5. The molecule has 6 nitrogen and oxygen atoms in total. The summed E-state index contributed by atoms with van der Waals surface area (Å²) in [5.41, 5.74) is 1.04. The van der Waals surface area contributed by atoms with Gasteiger partial charge in [-0.05, 0) is 12.1 Å². The van der Waals surface area contributed by atoms with Crippen LogP contribution in [0.15, 0.2) is 24.4 Å². The monoisotopic (exact) mass is 370 g/mol. The summed E-state index contributed by atoms with van der Waals surface area (Å²) >= 11 is 11.6. The zero-order chi connectivity index (χ0) is 17.7. The van der Waals surface area contributed by atoms with E-state index in [0.717, 1.165) is 5.56 Å². The van der Waals surface area contributed by atoms with Crippen LogP contribution in [-0.4, -0.2) is 32.2 Å². The normalized spacial score (nSPS) is 10.2. The van der Waals surface area contributed by atoms with Crippen molar-refractivity contribution in [2.75, 3.05) is 21.3 Å². The second-order valence-electron chi connectivity index (χ2n) is 4.70. The van der Waals surface area contributed by atoms with Gasteiger partial charge in [-0.2, -0.15) is 0 Å². The third kappa shape index (κ3) is 4.01. The molecule has 0 radical (unpaired) electrons. The lowest BCUT2D eigenvalue weighted by Gasteiger charge is -2.14. The van der Waals surface area contributed by atoms with Crippen LogP contribution in [0.1, 0.15) is 15.9 Å². The number of carbonyl (C=O) groups excluding carboxylic acids is 1. The minimum Gasteiger partial charge on any atom is -0.496 e. The Morgan fingerprint density at radius 2 is 1.67 bits per heavy atom. The number of carbonyl (C=O) groups is 1. The first-order chi connectivity index (χ1) is 11.5. The van der Waals surface area contributed by atoms with Crippen LogP contribution < -0.4 is 19.5 Å². The van der Waals surface area contributed by atoms with Gasteiger partial charge in [-0.3, -0.25) is 4.79 Å². The van der Waals surface area contributed by atoms with Crippen LogP contribution in [0, 0.1) is 0 Å². The molecule has 1 heterocycles. The van der Waals surface area contributed by atoms with Crippen molar-refractivity contribution >= 4 is 29.1 Å². The van der Waals surface area contributed by atoms with Gasteiger partial charge < -0.3 is 19.5 Å². The van der Waals surface area contributed by atoms with Crippen LogP contribution in [0.4, 0.5) is 0 Å². The summed E-state index contributed by atoms with van der Waals surface area (Å²) in [4.78, 5) is 16.1. The minimum absolute atomic E-state index is 0.148. The Labute approximate surface area is 149 Å². The van der Waals surface area contributed by atoms with E-state index in [-0.39, 0.29) is 22.6 Å². The Bertz CT molecular complexity index is 753. The topological polar surface area (TPSA) is 69.7 Å². The number of nitrogens with zero attached hydrogens (tertiary/aromatic N) is 1. The van der Waals surface area contributed by atoms with Crippen LogP contribution >= 0.6 is 23.2 Å². The predicted molar refractivity (Wildman–Crippen MR) is 91.5 cm³/mol. The van der Waals surface area contributed by atoms with E-state index in [1.165, 1.54) is 33.6 Å². The van der Waals surface area contributed by atoms with Crippen molar-refractivity contribution in [3.05, 3.63) is 45.7 Å². The van der Waals surface area contributed by atoms with Crippen molar-refractivity contribution in [1.82, 2.24) is 10.3 Å². The molecule has 0 saturated carbocycles. The molecular formula is C16H16Cl2N2O4. The van der Waals surface area contributed by atoms with E-state index in [1.54, 1.807) is 12.1 Å². The minimum atomic E-state index is -0.335. The second kappa shape index (κ2) is 8.08. The Balaban J connectivity index is 2.18. The van der Waals surface area contributed by atoms with Gasteiger partial charge in [-0.1, -0.05) is 23.2 Å². The molecule has 0 unspecified atom stereocenters. The van der Waals surface area contributed by atoms with Gasteiger partial charge in [0.2, 0.25) is 0 Å². The smallest absolute Gasteiger partial charge is 0.253 e. The molecule has 0 fully saturated rings. The third-order valence-electron chi connectivity index (χ3n) is 3.28. The highest BCUT2D eigenvalue weighted by Crippen LogP contribution is 2.34. The fraction of sp³-hybridized carbons (Fsp3) is 0.250. The summed E-state index contributed by atoms with van der Waals surface area (Å²) < 4.78 is 15.8. The standard InChI is InChI=1S/C16H16Cl2N2O4/c1-22-12-6-14(24-3)13(23-2)5-9(12)7-20-16(21)10-4-11(17)15(18)19-8-10/h4-6,8H,7H2,1-3H3,(H,20,21). The fourth-order valence-corrected chi connectivity index (χ4v) is 2.32. The maximum absolute atomic E-state index is 12.2. The lowest BCUT2D eigenvalue weighted by atomic mass is 10.1. The summed E-state index contributed by atoms with van der Waals surface area (Å²) in [7, 11) is 4.61. The zero-order valence-electron chi connectivity index (χ0n) is 13.4. The number of benzene rings is 1. The number of methoxy groups -OCH3 is 3. The Hall–Kier alpha value is -2.18. The molecule has 0 atom stereocenters. The molecule has 1 N–H and O–H groups in total. The van der Waals surface area contributed by atoms with Gasteiger partial charge >= 0.3 is 0 Å². The molecule has 0 saturated heterocycles. The van der Waals surface area contributed by atoms with E-state index >= 15 is 0 Å². The zero-order valence-corrected chi connectivity index (χ0v) is 14.9. The SMILES string of the molecule is COc1cc(OC)c(OC)cc1CNC(=O)c1cnc(Cl)c(Cl)c1. The molecule has 0 aliphatic rings. The summed E-state index contributed by atoms with van der Waals surface area (Å²) in [5.74, 6) is 1.31. The van der Waals surface area contributed by atoms with E-state index in [4.69, 9.17) is 37.4 Å². The van der Waals surface area contributed by atoms with Gasteiger partial charge in [0.05, 0.1) is 31.9 Å². The van der Waals surface area contributed by atoms with Crippen molar-refractivity contribution < 1.29 is 19.0 Å². The highest BCUT2D eigenvalue weighted by Gasteiger charge is 2.14. The summed E-state index contributed by atoms with van der Waals surface area (Å²) in [6, 6.07) is 4.89. The molecule has 0 aliphatic carbocycles. The molecule has 1 aromatic heterocycles. The summed E-state index contributed by atoms with van der Waals surface area (Å²) in [6.45, 7) is 0.225. The van der Waals surface area contributed by atoms with Crippen molar-refractivity contribution in [2.45, 2.75) is 6.54 Å². The lowest BCUT2D eigenvalue weighted by molar-refractivity contribution is 0.0950. The Kier molecular flexibility index (Phi) is 6.11. The molecule has 2 aromatic rings. The van der Waals surface area contributed by atoms with Crippen molar-refractivity contribution in [3.8, 4) is 17.2 Å². The van der Waals surface area contributed by atoms with Crippen LogP contribution in [-0.2, 0) is 6.54 Å². The second-order valence-corrected chi connectivity index (χ2v) is 5.46. The van der Waals surface area contributed by atoms with Crippen molar-refractivity contribution in [3.63, 3.8) is 0 Å². The molecule has 8 heteroatoms. The summed E-state index contributed by atoms with van der Waals surface area (Å²) in [5, 5.41) is 3.13. The molecule has 24 heavy (non-hydrogen) atoms. The first-order valence-electron chi connectivity index (χ1n) is 6.88. The van der Waals surface area contributed by atoms with Gasteiger partial charge in [-0.15, -0.1) is 0 Å². The molecule has 2 rings (SSSR count).